The van der Waals surface area contributed by atoms with E-state index < -0.39 is 0 Å². The Balaban J connectivity index is 1.61. The molecular weight excluding hydrogens is 238 g/mol. The standard InChI is InChI=1S/C16H23NO2/c1-18-15-6-5-14-11-17(8-7-13(14)10-15)12-16-4-2-3-9-19-16/h5-6,10,16H,2-4,7-9,11-12H2,1H3/t16-/m1/s1. The third-order valence-corrected chi connectivity index (χ3v) is 4.24. The summed E-state index contributed by atoms with van der Waals surface area (Å²) in [4.78, 5) is 2.53. The van der Waals surface area contributed by atoms with Crippen molar-refractivity contribution in [2.24, 2.45) is 0 Å². The molecule has 0 spiro atoms. The lowest BCUT2D eigenvalue weighted by molar-refractivity contribution is -0.00801. The van der Waals surface area contributed by atoms with E-state index in [1.807, 2.05) is 0 Å². The predicted octanol–water partition coefficient (Wildman–Crippen LogP) is 2.62. The molecule has 1 aromatic carbocycles. The van der Waals surface area contributed by atoms with Crippen LogP contribution in [0, 0.1) is 0 Å². The fourth-order valence-electron chi connectivity index (χ4n) is 3.11. The minimum Gasteiger partial charge on any atom is -0.497 e. The number of rotatable bonds is 3. The average Bonchev–Trinajstić information content (AvgIpc) is 2.48. The van der Waals surface area contributed by atoms with Crippen molar-refractivity contribution in [3.8, 4) is 5.75 Å². The first kappa shape index (κ1) is 12.9. The van der Waals surface area contributed by atoms with E-state index in [1.54, 1.807) is 7.11 Å². The summed E-state index contributed by atoms with van der Waals surface area (Å²) in [7, 11) is 1.73. The van der Waals surface area contributed by atoms with Gasteiger partial charge in [-0.3, -0.25) is 4.90 Å². The molecule has 19 heavy (non-hydrogen) atoms. The number of hydrogen-bond donors (Lipinski definition) is 0. The molecule has 0 aromatic heterocycles. The maximum absolute atomic E-state index is 5.84. The molecule has 2 aliphatic rings. The molecule has 0 unspecified atom stereocenters. The van der Waals surface area contributed by atoms with E-state index >= 15 is 0 Å². The van der Waals surface area contributed by atoms with Crippen LogP contribution in [0.5, 0.6) is 5.75 Å². The summed E-state index contributed by atoms with van der Waals surface area (Å²) in [5, 5.41) is 0. The van der Waals surface area contributed by atoms with Gasteiger partial charge in [0.15, 0.2) is 0 Å². The van der Waals surface area contributed by atoms with Gasteiger partial charge in [-0.25, -0.2) is 0 Å². The molecule has 3 rings (SSSR count). The van der Waals surface area contributed by atoms with E-state index in [0.717, 1.165) is 38.4 Å². The van der Waals surface area contributed by atoms with E-state index in [-0.39, 0.29) is 0 Å². The zero-order valence-corrected chi connectivity index (χ0v) is 11.7. The van der Waals surface area contributed by atoms with Crippen LogP contribution in [0.3, 0.4) is 0 Å². The normalized spacial score (nSPS) is 23.9. The predicted molar refractivity (Wildman–Crippen MR) is 75.6 cm³/mol. The van der Waals surface area contributed by atoms with Gasteiger partial charge in [0.1, 0.15) is 5.75 Å². The maximum atomic E-state index is 5.84. The van der Waals surface area contributed by atoms with Crippen LogP contribution in [0.2, 0.25) is 0 Å². The molecule has 1 fully saturated rings. The van der Waals surface area contributed by atoms with Crippen LogP contribution < -0.4 is 4.74 Å². The molecule has 0 bridgehead atoms. The van der Waals surface area contributed by atoms with Gasteiger partial charge in [0.2, 0.25) is 0 Å². The first-order chi connectivity index (χ1) is 9.35. The Bertz CT molecular complexity index is 427. The van der Waals surface area contributed by atoms with Crippen molar-refractivity contribution in [1.29, 1.82) is 0 Å². The van der Waals surface area contributed by atoms with Gasteiger partial charge in [0.25, 0.3) is 0 Å². The van der Waals surface area contributed by atoms with Crippen LogP contribution in [0.4, 0.5) is 0 Å². The second-order valence-electron chi connectivity index (χ2n) is 5.61. The molecule has 0 radical (unpaired) electrons. The number of methoxy groups -OCH3 is 1. The molecule has 0 aliphatic carbocycles. The second kappa shape index (κ2) is 5.93. The fraction of sp³-hybridized carbons (Fsp3) is 0.625. The van der Waals surface area contributed by atoms with Gasteiger partial charge >= 0.3 is 0 Å². The Morgan fingerprint density at radius 1 is 1.32 bits per heavy atom. The number of hydrogen-bond acceptors (Lipinski definition) is 3. The van der Waals surface area contributed by atoms with Crippen LogP contribution in [0.25, 0.3) is 0 Å². The van der Waals surface area contributed by atoms with Crippen molar-refractivity contribution < 1.29 is 9.47 Å². The molecule has 2 heterocycles. The molecule has 1 aromatic rings. The van der Waals surface area contributed by atoms with Crippen LogP contribution in [-0.4, -0.2) is 37.8 Å². The zero-order valence-electron chi connectivity index (χ0n) is 11.7. The molecule has 0 amide bonds. The Morgan fingerprint density at radius 2 is 2.26 bits per heavy atom. The van der Waals surface area contributed by atoms with Crippen molar-refractivity contribution in [3.63, 3.8) is 0 Å². The summed E-state index contributed by atoms with van der Waals surface area (Å²) in [5.74, 6) is 0.975. The van der Waals surface area contributed by atoms with Crippen molar-refractivity contribution in [1.82, 2.24) is 4.90 Å². The Morgan fingerprint density at radius 3 is 3.05 bits per heavy atom. The fourth-order valence-corrected chi connectivity index (χ4v) is 3.11. The largest absolute Gasteiger partial charge is 0.497 e. The second-order valence-corrected chi connectivity index (χ2v) is 5.61. The van der Waals surface area contributed by atoms with Crippen molar-refractivity contribution >= 4 is 0 Å². The highest BCUT2D eigenvalue weighted by molar-refractivity contribution is 5.37. The summed E-state index contributed by atoms with van der Waals surface area (Å²) in [6, 6.07) is 6.46. The van der Waals surface area contributed by atoms with Gasteiger partial charge in [-0.05, 0) is 48.9 Å². The topological polar surface area (TPSA) is 21.7 Å². The van der Waals surface area contributed by atoms with Gasteiger partial charge in [-0.15, -0.1) is 0 Å². The minimum atomic E-state index is 0.452. The van der Waals surface area contributed by atoms with Crippen molar-refractivity contribution in [2.45, 2.75) is 38.3 Å². The highest BCUT2D eigenvalue weighted by Crippen LogP contribution is 2.24. The quantitative estimate of drug-likeness (QED) is 0.835. The smallest absolute Gasteiger partial charge is 0.119 e. The monoisotopic (exact) mass is 261 g/mol. The highest BCUT2D eigenvalue weighted by Gasteiger charge is 2.21. The van der Waals surface area contributed by atoms with E-state index in [1.165, 1.54) is 30.4 Å². The van der Waals surface area contributed by atoms with Crippen molar-refractivity contribution in [2.75, 3.05) is 26.8 Å². The molecule has 0 saturated carbocycles. The molecule has 2 aliphatic heterocycles. The highest BCUT2D eigenvalue weighted by atomic mass is 16.5. The van der Waals surface area contributed by atoms with E-state index in [9.17, 15) is 0 Å². The minimum absolute atomic E-state index is 0.452. The van der Waals surface area contributed by atoms with Crippen molar-refractivity contribution in [3.05, 3.63) is 29.3 Å². The maximum Gasteiger partial charge on any atom is 0.119 e. The average molecular weight is 261 g/mol. The van der Waals surface area contributed by atoms with Crippen LogP contribution in [0.1, 0.15) is 30.4 Å². The summed E-state index contributed by atoms with van der Waals surface area (Å²) in [6.07, 6.45) is 5.37. The lowest BCUT2D eigenvalue weighted by Crippen LogP contribution is -2.38. The summed E-state index contributed by atoms with van der Waals surface area (Å²) >= 11 is 0. The van der Waals surface area contributed by atoms with Gasteiger partial charge in [-0.1, -0.05) is 6.07 Å². The van der Waals surface area contributed by atoms with Crippen LogP contribution in [-0.2, 0) is 17.7 Å². The molecule has 1 atom stereocenters. The number of fused-ring (bicyclic) bond motifs is 1. The summed E-state index contributed by atoms with van der Waals surface area (Å²) < 4.78 is 11.1. The Labute approximate surface area is 115 Å². The van der Waals surface area contributed by atoms with E-state index in [2.05, 4.69) is 23.1 Å². The molecule has 1 saturated heterocycles. The third kappa shape index (κ3) is 3.10. The zero-order chi connectivity index (χ0) is 13.1. The lowest BCUT2D eigenvalue weighted by atomic mass is 9.98. The van der Waals surface area contributed by atoms with E-state index in [4.69, 9.17) is 9.47 Å². The Kier molecular flexibility index (Phi) is 4.04. The molecule has 104 valence electrons. The molecular formula is C16H23NO2. The number of nitrogens with zero attached hydrogens (tertiary/aromatic N) is 1. The summed E-state index contributed by atoms with van der Waals surface area (Å²) in [5.41, 5.74) is 2.89. The number of ether oxygens (including phenoxy) is 2. The first-order valence-electron chi connectivity index (χ1n) is 7.35. The Hall–Kier alpha value is -1.06. The molecule has 3 nitrogen and oxygen atoms in total. The van der Waals surface area contributed by atoms with Crippen LogP contribution in [0.15, 0.2) is 18.2 Å². The number of benzene rings is 1. The molecule has 0 N–H and O–H groups in total. The molecule has 3 heteroatoms. The summed E-state index contributed by atoms with van der Waals surface area (Å²) in [6.45, 7) is 4.23. The lowest BCUT2D eigenvalue weighted by Gasteiger charge is -2.33. The van der Waals surface area contributed by atoms with Crippen LogP contribution >= 0.6 is 0 Å². The van der Waals surface area contributed by atoms with E-state index in [0.29, 0.717) is 6.10 Å². The van der Waals surface area contributed by atoms with Gasteiger partial charge in [0.05, 0.1) is 13.2 Å². The first-order valence-corrected chi connectivity index (χ1v) is 7.35. The van der Waals surface area contributed by atoms with Gasteiger partial charge < -0.3 is 9.47 Å². The van der Waals surface area contributed by atoms with Gasteiger partial charge in [-0.2, -0.15) is 0 Å². The van der Waals surface area contributed by atoms with Gasteiger partial charge in [0, 0.05) is 26.2 Å². The third-order valence-electron chi connectivity index (χ3n) is 4.24. The SMILES string of the molecule is COc1ccc2c(c1)CCN(C[C@H]1CCCCO1)C2.